The lowest BCUT2D eigenvalue weighted by Gasteiger charge is -2.36. The SMILES string of the molecule is BrCC1(Cn2ccnc2-c2cccs2)CCCCC1. The van der Waals surface area contributed by atoms with Crippen LogP contribution in [0.15, 0.2) is 29.9 Å². The van der Waals surface area contributed by atoms with Crippen molar-refractivity contribution in [2.24, 2.45) is 5.41 Å². The molecule has 4 heteroatoms. The second-order valence-electron chi connectivity index (χ2n) is 5.55. The Bertz CT molecular complexity index is 512. The van der Waals surface area contributed by atoms with Crippen LogP contribution in [0.25, 0.3) is 10.7 Å². The Morgan fingerprint density at radius 3 is 2.84 bits per heavy atom. The predicted octanol–water partition coefficient (Wildman–Crippen LogP) is 4.96. The third-order valence-corrected chi connectivity index (χ3v) is 6.22. The maximum atomic E-state index is 4.55. The second kappa shape index (κ2) is 5.80. The molecular weight excluding hydrogens is 320 g/mol. The minimum absolute atomic E-state index is 0.422. The van der Waals surface area contributed by atoms with E-state index in [2.05, 4.69) is 49.2 Å². The third-order valence-electron chi connectivity index (χ3n) is 4.16. The van der Waals surface area contributed by atoms with Gasteiger partial charge in [0.25, 0.3) is 0 Å². The molecule has 2 aromatic rings. The number of imidazole rings is 1. The van der Waals surface area contributed by atoms with Gasteiger partial charge in [-0.3, -0.25) is 0 Å². The fraction of sp³-hybridized carbons (Fsp3) is 0.533. The summed E-state index contributed by atoms with van der Waals surface area (Å²) >= 11 is 5.52. The number of nitrogens with zero attached hydrogens (tertiary/aromatic N) is 2. The van der Waals surface area contributed by atoms with Crippen molar-refractivity contribution in [3.63, 3.8) is 0 Å². The Labute approximate surface area is 127 Å². The van der Waals surface area contributed by atoms with E-state index in [-0.39, 0.29) is 0 Å². The van der Waals surface area contributed by atoms with Gasteiger partial charge in [-0.05, 0) is 29.7 Å². The van der Waals surface area contributed by atoms with Crippen LogP contribution < -0.4 is 0 Å². The Hall–Kier alpha value is -0.610. The summed E-state index contributed by atoms with van der Waals surface area (Å²) in [6.07, 6.45) is 10.9. The fourth-order valence-corrected chi connectivity index (χ4v) is 4.54. The Kier molecular flexibility index (Phi) is 4.08. The maximum absolute atomic E-state index is 4.55. The summed E-state index contributed by atoms with van der Waals surface area (Å²) in [5.41, 5.74) is 0.422. The highest BCUT2D eigenvalue weighted by molar-refractivity contribution is 9.09. The lowest BCUT2D eigenvalue weighted by molar-refractivity contribution is 0.192. The van der Waals surface area contributed by atoms with E-state index in [1.807, 2.05) is 6.20 Å². The van der Waals surface area contributed by atoms with Crippen molar-refractivity contribution in [2.45, 2.75) is 38.6 Å². The summed E-state index contributed by atoms with van der Waals surface area (Å²) in [6, 6.07) is 4.26. The monoisotopic (exact) mass is 338 g/mol. The molecule has 0 unspecified atom stereocenters. The lowest BCUT2D eigenvalue weighted by atomic mass is 9.75. The first-order valence-electron chi connectivity index (χ1n) is 6.94. The van der Waals surface area contributed by atoms with Crippen LogP contribution in [0.2, 0.25) is 0 Å². The topological polar surface area (TPSA) is 17.8 Å². The molecule has 1 fully saturated rings. The minimum atomic E-state index is 0.422. The molecule has 2 aromatic heterocycles. The minimum Gasteiger partial charge on any atom is -0.330 e. The first-order chi connectivity index (χ1) is 9.33. The number of hydrogen-bond acceptors (Lipinski definition) is 2. The molecule has 0 radical (unpaired) electrons. The van der Waals surface area contributed by atoms with E-state index in [0.29, 0.717) is 5.41 Å². The van der Waals surface area contributed by atoms with E-state index in [1.54, 1.807) is 11.3 Å². The number of halogens is 1. The van der Waals surface area contributed by atoms with Crippen LogP contribution in [-0.2, 0) is 6.54 Å². The van der Waals surface area contributed by atoms with Crippen molar-refractivity contribution in [2.75, 3.05) is 5.33 Å². The Balaban J connectivity index is 1.85. The van der Waals surface area contributed by atoms with Crippen LogP contribution in [0.5, 0.6) is 0 Å². The van der Waals surface area contributed by atoms with E-state index in [9.17, 15) is 0 Å². The number of alkyl halides is 1. The standard InChI is InChI=1S/C15H19BrN2S/c16-11-15(6-2-1-3-7-15)12-18-9-8-17-14(18)13-5-4-10-19-13/h4-5,8-10H,1-3,6-7,11-12H2. The molecule has 0 saturated heterocycles. The first-order valence-corrected chi connectivity index (χ1v) is 8.94. The van der Waals surface area contributed by atoms with Gasteiger partial charge in [0.15, 0.2) is 0 Å². The van der Waals surface area contributed by atoms with Crippen molar-refractivity contribution >= 4 is 27.3 Å². The van der Waals surface area contributed by atoms with Gasteiger partial charge in [0.1, 0.15) is 5.82 Å². The highest BCUT2D eigenvalue weighted by Gasteiger charge is 2.32. The number of hydrogen-bond donors (Lipinski definition) is 0. The lowest BCUT2D eigenvalue weighted by Crippen LogP contribution is -2.31. The van der Waals surface area contributed by atoms with Crippen molar-refractivity contribution in [3.05, 3.63) is 29.9 Å². The van der Waals surface area contributed by atoms with E-state index < -0.39 is 0 Å². The van der Waals surface area contributed by atoms with Crippen LogP contribution in [0.3, 0.4) is 0 Å². The van der Waals surface area contributed by atoms with Crippen molar-refractivity contribution in [1.29, 1.82) is 0 Å². The number of thiophene rings is 1. The molecule has 0 aromatic carbocycles. The van der Waals surface area contributed by atoms with Gasteiger partial charge in [-0.15, -0.1) is 11.3 Å². The van der Waals surface area contributed by atoms with Gasteiger partial charge in [-0.1, -0.05) is 41.3 Å². The molecule has 1 saturated carbocycles. The van der Waals surface area contributed by atoms with E-state index in [0.717, 1.165) is 17.7 Å². The normalized spacial score (nSPS) is 18.6. The summed E-state index contributed by atoms with van der Waals surface area (Å²) in [7, 11) is 0. The third kappa shape index (κ3) is 2.79. The van der Waals surface area contributed by atoms with E-state index >= 15 is 0 Å². The van der Waals surface area contributed by atoms with Crippen LogP contribution in [0, 0.1) is 5.41 Å². The van der Waals surface area contributed by atoms with Crippen LogP contribution in [0.4, 0.5) is 0 Å². The quantitative estimate of drug-likeness (QED) is 0.720. The first kappa shape index (κ1) is 13.4. The smallest absolute Gasteiger partial charge is 0.150 e. The molecule has 0 N–H and O–H groups in total. The zero-order valence-electron chi connectivity index (χ0n) is 11.0. The molecular formula is C15H19BrN2S. The molecule has 0 spiro atoms. The van der Waals surface area contributed by atoms with Gasteiger partial charge in [0.05, 0.1) is 4.88 Å². The second-order valence-corrected chi connectivity index (χ2v) is 7.06. The number of aromatic nitrogens is 2. The number of rotatable bonds is 4. The van der Waals surface area contributed by atoms with Crippen LogP contribution in [-0.4, -0.2) is 14.9 Å². The Morgan fingerprint density at radius 2 is 2.16 bits per heavy atom. The van der Waals surface area contributed by atoms with Gasteiger partial charge in [0, 0.05) is 24.3 Å². The molecule has 19 heavy (non-hydrogen) atoms. The predicted molar refractivity (Wildman–Crippen MR) is 84.9 cm³/mol. The summed E-state index contributed by atoms with van der Waals surface area (Å²) in [5.74, 6) is 1.13. The van der Waals surface area contributed by atoms with Gasteiger partial charge >= 0.3 is 0 Å². The average Bonchev–Trinajstić information content (AvgIpc) is 3.10. The van der Waals surface area contributed by atoms with Crippen LogP contribution in [0.1, 0.15) is 32.1 Å². The van der Waals surface area contributed by atoms with Gasteiger partial charge in [0.2, 0.25) is 0 Å². The fourth-order valence-electron chi connectivity index (χ4n) is 3.06. The highest BCUT2D eigenvalue weighted by atomic mass is 79.9. The summed E-state index contributed by atoms with van der Waals surface area (Å²) in [5, 5.41) is 3.22. The highest BCUT2D eigenvalue weighted by Crippen LogP contribution is 2.40. The average molecular weight is 339 g/mol. The summed E-state index contributed by atoms with van der Waals surface area (Å²) in [4.78, 5) is 5.82. The molecule has 2 heterocycles. The molecule has 3 rings (SSSR count). The van der Waals surface area contributed by atoms with E-state index in [1.165, 1.54) is 37.0 Å². The van der Waals surface area contributed by atoms with Gasteiger partial charge < -0.3 is 4.57 Å². The van der Waals surface area contributed by atoms with Crippen LogP contribution >= 0.6 is 27.3 Å². The molecule has 1 aliphatic carbocycles. The molecule has 0 bridgehead atoms. The van der Waals surface area contributed by atoms with Gasteiger partial charge in [-0.25, -0.2) is 4.98 Å². The Morgan fingerprint density at radius 1 is 1.32 bits per heavy atom. The zero-order valence-corrected chi connectivity index (χ0v) is 13.4. The molecule has 0 aliphatic heterocycles. The maximum Gasteiger partial charge on any atom is 0.150 e. The van der Waals surface area contributed by atoms with Crippen molar-refractivity contribution in [3.8, 4) is 10.7 Å². The van der Waals surface area contributed by atoms with E-state index in [4.69, 9.17) is 0 Å². The van der Waals surface area contributed by atoms with Crippen molar-refractivity contribution < 1.29 is 0 Å². The zero-order chi connectivity index (χ0) is 13.1. The molecule has 0 atom stereocenters. The molecule has 2 nitrogen and oxygen atoms in total. The molecule has 1 aliphatic rings. The molecule has 102 valence electrons. The summed E-state index contributed by atoms with van der Waals surface area (Å²) < 4.78 is 2.35. The van der Waals surface area contributed by atoms with Gasteiger partial charge in [-0.2, -0.15) is 0 Å². The van der Waals surface area contributed by atoms with Crippen molar-refractivity contribution in [1.82, 2.24) is 9.55 Å². The largest absolute Gasteiger partial charge is 0.330 e. The summed E-state index contributed by atoms with van der Waals surface area (Å²) in [6.45, 7) is 1.09. The molecule has 0 amide bonds.